The van der Waals surface area contributed by atoms with E-state index >= 15 is 0 Å². The third-order valence-corrected chi connectivity index (χ3v) is 4.96. The summed E-state index contributed by atoms with van der Waals surface area (Å²) in [5.41, 5.74) is 0. The molecule has 0 spiro atoms. The zero-order valence-corrected chi connectivity index (χ0v) is 13.0. The summed E-state index contributed by atoms with van der Waals surface area (Å²) in [5, 5.41) is 36.1. The van der Waals surface area contributed by atoms with Crippen molar-refractivity contribution < 1.29 is 39.6 Å². The van der Waals surface area contributed by atoms with E-state index < -0.39 is 35.7 Å². The van der Waals surface area contributed by atoms with Crippen molar-refractivity contribution in [1.29, 1.82) is 0 Å². The number of carboxylic acids is 4. The fraction of sp³-hybridized carbons (Fsp3) is 0.733. The van der Waals surface area contributed by atoms with Gasteiger partial charge in [0.15, 0.2) is 11.8 Å². The largest absolute Gasteiger partial charge is 0.481 e. The molecule has 0 aromatic carbocycles. The minimum absolute atomic E-state index is 0.0134. The second-order valence-electron chi connectivity index (χ2n) is 6.45. The fourth-order valence-corrected chi connectivity index (χ4v) is 3.75. The Labute approximate surface area is 133 Å². The number of aliphatic carboxylic acids is 4. The third kappa shape index (κ3) is 4.43. The van der Waals surface area contributed by atoms with Crippen molar-refractivity contribution >= 4 is 23.9 Å². The van der Waals surface area contributed by atoms with Crippen molar-refractivity contribution in [2.45, 2.75) is 33.1 Å². The molecular formula is C15H22O8. The molecule has 1 fully saturated rings. The standard InChI is InChI=1S/C15H22O8/c1-6-3-7(2)9(5-11(14(20)21)15(22)23)8(6)4-10(12(16)17)13(18)19/h6-11H,3-5H2,1-2H3,(H,16,17)(H,18,19)(H,20,21)(H,22,23). The Morgan fingerprint density at radius 2 is 1.00 bits per heavy atom. The van der Waals surface area contributed by atoms with E-state index in [0.29, 0.717) is 6.42 Å². The van der Waals surface area contributed by atoms with Crippen LogP contribution in [0.25, 0.3) is 0 Å². The van der Waals surface area contributed by atoms with Gasteiger partial charge >= 0.3 is 23.9 Å². The van der Waals surface area contributed by atoms with Crippen LogP contribution >= 0.6 is 0 Å². The van der Waals surface area contributed by atoms with E-state index in [1.54, 1.807) is 0 Å². The highest BCUT2D eigenvalue weighted by Gasteiger charge is 2.45. The number of hydrogen-bond acceptors (Lipinski definition) is 4. The molecule has 4 atom stereocenters. The molecule has 0 saturated heterocycles. The average Bonchev–Trinajstić information content (AvgIpc) is 2.65. The van der Waals surface area contributed by atoms with E-state index in [9.17, 15) is 19.2 Å². The van der Waals surface area contributed by atoms with Crippen LogP contribution in [0.2, 0.25) is 0 Å². The van der Waals surface area contributed by atoms with Crippen LogP contribution in [0.3, 0.4) is 0 Å². The molecule has 1 rings (SSSR count). The maximum Gasteiger partial charge on any atom is 0.317 e. The van der Waals surface area contributed by atoms with E-state index in [2.05, 4.69) is 0 Å². The lowest BCUT2D eigenvalue weighted by molar-refractivity contribution is -0.159. The van der Waals surface area contributed by atoms with Crippen LogP contribution in [0.15, 0.2) is 0 Å². The fourth-order valence-electron chi connectivity index (χ4n) is 3.75. The van der Waals surface area contributed by atoms with Crippen molar-refractivity contribution in [1.82, 2.24) is 0 Å². The first-order valence-electron chi connectivity index (χ1n) is 7.47. The van der Waals surface area contributed by atoms with Gasteiger partial charge in [-0.1, -0.05) is 13.8 Å². The molecule has 0 radical (unpaired) electrons. The molecule has 1 aliphatic carbocycles. The first kappa shape index (κ1) is 18.9. The molecule has 0 amide bonds. The molecule has 0 bridgehead atoms. The summed E-state index contributed by atoms with van der Waals surface area (Å²) >= 11 is 0. The van der Waals surface area contributed by atoms with E-state index in [1.165, 1.54) is 0 Å². The van der Waals surface area contributed by atoms with Crippen LogP contribution in [0.5, 0.6) is 0 Å². The molecular weight excluding hydrogens is 308 g/mol. The lowest BCUT2D eigenvalue weighted by Gasteiger charge is -2.27. The Morgan fingerprint density at radius 3 is 1.22 bits per heavy atom. The van der Waals surface area contributed by atoms with Gasteiger partial charge in [0.1, 0.15) is 0 Å². The summed E-state index contributed by atoms with van der Waals surface area (Å²) in [6, 6.07) is 0. The molecule has 8 nitrogen and oxygen atoms in total. The normalized spacial score (nSPS) is 27.3. The molecule has 1 aliphatic rings. The van der Waals surface area contributed by atoms with Crippen molar-refractivity contribution in [2.75, 3.05) is 0 Å². The quantitative estimate of drug-likeness (QED) is 0.486. The summed E-state index contributed by atoms with van der Waals surface area (Å²) in [6.07, 6.45) is 0.451. The van der Waals surface area contributed by atoms with E-state index in [1.807, 2.05) is 13.8 Å². The second-order valence-corrected chi connectivity index (χ2v) is 6.45. The van der Waals surface area contributed by atoms with Crippen LogP contribution in [0.4, 0.5) is 0 Å². The lowest BCUT2D eigenvalue weighted by atomic mass is 9.77. The van der Waals surface area contributed by atoms with Gasteiger partial charge in [-0.2, -0.15) is 0 Å². The molecule has 4 N–H and O–H groups in total. The SMILES string of the molecule is CC1CC(C)C(CC(C(=O)O)C(=O)O)C1CC(C(=O)O)C(=O)O. The predicted octanol–water partition coefficient (Wildman–Crippen LogP) is 1.25. The van der Waals surface area contributed by atoms with Crippen LogP contribution in [0.1, 0.15) is 33.1 Å². The maximum absolute atomic E-state index is 11.1. The Morgan fingerprint density at radius 1 is 0.739 bits per heavy atom. The first-order chi connectivity index (χ1) is 10.6. The first-order valence-corrected chi connectivity index (χ1v) is 7.47. The summed E-state index contributed by atoms with van der Waals surface area (Å²) < 4.78 is 0. The summed E-state index contributed by atoms with van der Waals surface area (Å²) in [7, 11) is 0. The molecule has 8 heteroatoms. The van der Waals surface area contributed by atoms with Crippen LogP contribution < -0.4 is 0 Å². The zero-order valence-electron chi connectivity index (χ0n) is 13.0. The van der Waals surface area contributed by atoms with E-state index in [-0.39, 0.29) is 36.5 Å². The smallest absolute Gasteiger partial charge is 0.317 e. The Bertz CT molecular complexity index is 428. The number of carbonyl (C=O) groups is 4. The topological polar surface area (TPSA) is 149 Å². The van der Waals surface area contributed by atoms with Crippen molar-refractivity contribution in [2.24, 2.45) is 35.5 Å². The highest BCUT2D eigenvalue weighted by Crippen LogP contribution is 2.47. The van der Waals surface area contributed by atoms with Gasteiger partial charge in [-0.3, -0.25) is 19.2 Å². The zero-order chi connectivity index (χ0) is 17.9. The van der Waals surface area contributed by atoms with Gasteiger partial charge in [0.05, 0.1) is 0 Å². The van der Waals surface area contributed by atoms with Gasteiger partial charge < -0.3 is 20.4 Å². The summed E-state index contributed by atoms with van der Waals surface area (Å²) in [5.74, 6) is -9.50. The Hall–Kier alpha value is -2.12. The number of carboxylic acid groups (broad SMARTS) is 4. The van der Waals surface area contributed by atoms with E-state index in [4.69, 9.17) is 20.4 Å². The molecule has 0 aromatic heterocycles. The highest BCUT2D eigenvalue weighted by atomic mass is 16.4. The lowest BCUT2D eigenvalue weighted by Crippen LogP contribution is -2.32. The molecule has 130 valence electrons. The van der Waals surface area contributed by atoms with E-state index in [0.717, 1.165) is 0 Å². The number of hydrogen-bond donors (Lipinski definition) is 4. The van der Waals surface area contributed by atoms with Crippen LogP contribution in [-0.4, -0.2) is 44.3 Å². The van der Waals surface area contributed by atoms with Gasteiger partial charge in [0.2, 0.25) is 0 Å². The minimum atomic E-state index is -1.57. The highest BCUT2D eigenvalue weighted by molar-refractivity contribution is 5.93. The van der Waals surface area contributed by atoms with Gasteiger partial charge in [0.25, 0.3) is 0 Å². The minimum Gasteiger partial charge on any atom is -0.481 e. The Balaban J connectivity index is 2.98. The van der Waals surface area contributed by atoms with Crippen LogP contribution in [0, 0.1) is 35.5 Å². The molecule has 0 aromatic rings. The molecule has 0 aliphatic heterocycles. The average molecular weight is 330 g/mol. The molecule has 4 unspecified atom stereocenters. The summed E-state index contributed by atoms with van der Waals surface area (Å²) in [6.45, 7) is 3.72. The van der Waals surface area contributed by atoms with Gasteiger partial charge in [-0.05, 0) is 42.9 Å². The third-order valence-electron chi connectivity index (χ3n) is 4.96. The monoisotopic (exact) mass is 330 g/mol. The van der Waals surface area contributed by atoms with Gasteiger partial charge in [-0.15, -0.1) is 0 Å². The second kappa shape index (κ2) is 7.43. The van der Waals surface area contributed by atoms with Crippen molar-refractivity contribution in [3.05, 3.63) is 0 Å². The Kier molecular flexibility index (Phi) is 6.12. The maximum atomic E-state index is 11.1. The van der Waals surface area contributed by atoms with Crippen molar-refractivity contribution in [3.8, 4) is 0 Å². The summed E-state index contributed by atoms with van der Waals surface area (Å²) in [4.78, 5) is 44.4. The molecule has 0 heterocycles. The predicted molar refractivity (Wildman–Crippen MR) is 76.7 cm³/mol. The van der Waals surface area contributed by atoms with Crippen LogP contribution in [-0.2, 0) is 19.2 Å². The van der Waals surface area contributed by atoms with Gasteiger partial charge in [0, 0.05) is 0 Å². The number of rotatable bonds is 8. The van der Waals surface area contributed by atoms with Gasteiger partial charge in [-0.25, -0.2) is 0 Å². The van der Waals surface area contributed by atoms with Crippen molar-refractivity contribution in [3.63, 3.8) is 0 Å². The molecule has 1 saturated carbocycles. The molecule has 23 heavy (non-hydrogen) atoms.